The van der Waals surface area contributed by atoms with Gasteiger partial charge in [-0.15, -0.1) is 0 Å². The highest BCUT2D eigenvalue weighted by atomic mass is 16.5. The fraction of sp³-hybridized carbons (Fsp3) is 0.360. The molecule has 4 aliphatic heterocycles. The van der Waals surface area contributed by atoms with Gasteiger partial charge in [0, 0.05) is 114 Å². The van der Waals surface area contributed by atoms with Crippen LogP contribution in [0.25, 0.3) is 55.3 Å². The van der Waals surface area contributed by atoms with Crippen LogP contribution in [0, 0.1) is 0 Å². The molecule has 0 amide bonds. The van der Waals surface area contributed by atoms with Crippen molar-refractivity contribution in [3.8, 4) is 22.6 Å². The average molecular weight is 799 g/mol. The second-order valence-electron chi connectivity index (χ2n) is 19.7. The number of nitrogens with zero attached hydrogens (tertiary/aromatic N) is 4. The van der Waals surface area contributed by atoms with Gasteiger partial charge in [0.1, 0.15) is 0 Å². The summed E-state index contributed by atoms with van der Waals surface area (Å²) >= 11 is 0. The van der Waals surface area contributed by atoms with Crippen LogP contribution in [0.15, 0.2) is 72.8 Å². The molecule has 0 aliphatic carbocycles. The van der Waals surface area contributed by atoms with Gasteiger partial charge >= 0.3 is 0 Å². The van der Waals surface area contributed by atoms with Crippen molar-refractivity contribution in [1.29, 1.82) is 0 Å². The molecule has 10 heteroatoms. The standard InChI is InChI=1S/C50H54N8O2/c1-47(2)23-35-43(31-15-11-27(51-31)19-41-49(5,6)25-37(57-41)45(59-9)33-17-13-29(53-33)21-39(47)55-35)44-32-16-12-28(52-32)20-42-50(7,8)26-38(58-42)46(60-10)34-18-14-30(54-34)22-40-48(3,4)24-36(44)56-40/h11-22,51-54H,23-26H2,1-10H3. The highest BCUT2D eigenvalue weighted by Gasteiger charge is 2.36. The van der Waals surface area contributed by atoms with Crippen molar-refractivity contribution in [3.63, 3.8) is 0 Å². The molecule has 0 aromatic carbocycles. The smallest absolute Gasteiger partial charge is 0.163 e. The Bertz CT molecular complexity index is 2890. The molecule has 4 aliphatic rings. The van der Waals surface area contributed by atoms with Crippen molar-refractivity contribution in [1.82, 2.24) is 39.9 Å². The number of aromatic amines is 4. The van der Waals surface area contributed by atoms with E-state index in [4.69, 9.17) is 29.4 Å². The van der Waals surface area contributed by atoms with Gasteiger partial charge in [-0.2, -0.15) is 0 Å². The zero-order valence-electron chi connectivity index (χ0n) is 36.4. The lowest BCUT2D eigenvalue weighted by atomic mass is 9.83. The molecule has 306 valence electrons. The number of fused-ring (bicyclic) bond motifs is 16. The molecule has 10 rings (SSSR count). The first-order valence-electron chi connectivity index (χ1n) is 21.0. The largest absolute Gasteiger partial charge is 0.493 e. The van der Waals surface area contributed by atoms with E-state index in [9.17, 15) is 0 Å². The lowest BCUT2D eigenvalue weighted by Crippen LogP contribution is -2.16. The summed E-state index contributed by atoms with van der Waals surface area (Å²) < 4.78 is 12.0. The molecule has 10 heterocycles. The Morgan fingerprint density at radius 3 is 0.967 bits per heavy atom. The third-order valence-electron chi connectivity index (χ3n) is 13.0. The lowest BCUT2D eigenvalue weighted by molar-refractivity contribution is 0.409. The molecule has 0 atom stereocenters. The molecule has 16 bridgehead atoms. The molecule has 0 fully saturated rings. The number of nitrogens with one attached hydrogen (secondary N) is 4. The highest BCUT2D eigenvalue weighted by molar-refractivity contribution is 5.93. The second-order valence-corrected chi connectivity index (χ2v) is 19.7. The Labute approximate surface area is 350 Å². The van der Waals surface area contributed by atoms with Crippen LogP contribution < -0.4 is 9.47 Å². The van der Waals surface area contributed by atoms with Gasteiger partial charge in [0.15, 0.2) is 11.5 Å². The van der Waals surface area contributed by atoms with Crippen LogP contribution in [-0.2, 0) is 47.3 Å². The fourth-order valence-electron chi connectivity index (χ4n) is 9.61. The normalized spacial score (nSPS) is 17.4. The molecule has 0 radical (unpaired) electrons. The Balaban J connectivity index is 1.36. The lowest BCUT2D eigenvalue weighted by Gasteiger charge is -2.18. The summed E-state index contributed by atoms with van der Waals surface area (Å²) in [6, 6.07) is 25.9. The van der Waals surface area contributed by atoms with E-state index in [-0.39, 0.29) is 21.7 Å². The van der Waals surface area contributed by atoms with Crippen molar-refractivity contribution in [3.05, 3.63) is 118 Å². The van der Waals surface area contributed by atoms with Crippen LogP contribution in [0.2, 0.25) is 0 Å². The zero-order chi connectivity index (χ0) is 41.9. The number of hydrogen-bond acceptors (Lipinski definition) is 6. The van der Waals surface area contributed by atoms with Crippen LogP contribution in [0.4, 0.5) is 0 Å². The SMILES string of the molecule is COc1c2nc(cc3ccc([nH]3)c(-c3c4nc(cc5ccc([nH]5)c(OC)c5nc(cc6ccc3[nH]6)C(C)(C)C5)C(C)(C)C4)c3nc(cc4ccc1[nH]4)C(C)(C)C3)C(C)(C)C2. The minimum absolute atomic E-state index is 0.197. The van der Waals surface area contributed by atoms with Crippen molar-refractivity contribution >= 4 is 44.1 Å². The predicted octanol–water partition coefficient (Wildman–Crippen LogP) is 10.7. The topological polar surface area (TPSA) is 133 Å². The first kappa shape index (κ1) is 38.1. The van der Waals surface area contributed by atoms with Gasteiger partial charge in [-0.3, -0.25) is 19.9 Å². The molecule has 10 nitrogen and oxygen atoms in total. The van der Waals surface area contributed by atoms with E-state index in [1.807, 2.05) is 0 Å². The first-order valence-corrected chi connectivity index (χ1v) is 21.0. The van der Waals surface area contributed by atoms with Crippen LogP contribution in [0.1, 0.15) is 101 Å². The molecule has 4 N–H and O–H groups in total. The second kappa shape index (κ2) is 13.2. The Morgan fingerprint density at radius 2 is 0.650 bits per heavy atom. The first-order chi connectivity index (χ1) is 28.5. The van der Waals surface area contributed by atoms with E-state index in [1.54, 1.807) is 14.2 Å². The maximum absolute atomic E-state index is 6.02. The Morgan fingerprint density at radius 1 is 0.383 bits per heavy atom. The number of H-pyrrole nitrogens is 4. The molecular formula is C50H54N8O2. The maximum Gasteiger partial charge on any atom is 0.163 e. The van der Waals surface area contributed by atoms with Crippen molar-refractivity contribution in [2.45, 2.75) is 103 Å². The molecule has 6 aromatic rings. The van der Waals surface area contributed by atoms with E-state index in [2.05, 4.69) is 148 Å². The number of methoxy groups -OCH3 is 2. The van der Waals surface area contributed by atoms with Crippen molar-refractivity contribution in [2.75, 3.05) is 14.2 Å². The molecule has 0 saturated heterocycles. The molecule has 0 saturated carbocycles. The van der Waals surface area contributed by atoms with Crippen LogP contribution in [0.5, 0.6) is 11.5 Å². The van der Waals surface area contributed by atoms with Gasteiger partial charge in [-0.05, 0) is 72.8 Å². The molecule has 0 spiro atoms. The highest BCUT2D eigenvalue weighted by Crippen LogP contribution is 2.44. The van der Waals surface area contributed by atoms with E-state index in [1.165, 1.54) is 0 Å². The average Bonchev–Trinajstić information content (AvgIpc) is 4.03. The molecule has 6 aromatic heterocycles. The van der Waals surface area contributed by atoms with E-state index in [0.29, 0.717) is 0 Å². The summed E-state index contributed by atoms with van der Waals surface area (Å²) in [5.41, 5.74) is 16.8. The van der Waals surface area contributed by atoms with Gasteiger partial charge in [0.05, 0.1) is 48.0 Å². The van der Waals surface area contributed by atoms with E-state index in [0.717, 1.165) is 138 Å². The summed E-state index contributed by atoms with van der Waals surface area (Å²) in [4.78, 5) is 36.5. The number of hydrogen-bond donors (Lipinski definition) is 4. The van der Waals surface area contributed by atoms with Gasteiger partial charge in [-0.1, -0.05) is 55.4 Å². The number of aromatic nitrogens is 8. The summed E-state index contributed by atoms with van der Waals surface area (Å²) in [6.07, 6.45) is 3.00. The van der Waals surface area contributed by atoms with Crippen LogP contribution >= 0.6 is 0 Å². The molecule has 60 heavy (non-hydrogen) atoms. The summed E-state index contributed by atoms with van der Waals surface area (Å²) in [6.45, 7) is 18.1. The molecule has 0 unspecified atom stereocenters. The summed E-state index contributed by atoms with van der Waals surface area (Å²) in [5.74, 6) is 1.54. The number of ether oxygens (including phenoxy) is 2. The van der Waals surface area contributed by atoms with Crippen molar-refractivity contribution < 1.29 is 9.47 Å². The van der Waals surface area contributed by atoms with Gasteiger partial charge in [0.2, 0.25) is 0 Å². The minimum atomic E-state index is -0.253. The third kappa shape index (κ3) is 6.30. The zero-order valence-corrected chi connectivity index (χ0v) is 36.4. The summed E-state index contributed by atoms with van der Waals surface area (Å²) in [7, 11) is 3.45. The minimum Gasteiger partial charge on any atom is -0.493 e. The maximum atomic E-state index is 6.02. The molecular weight excluding hydrogens is 745 g/mol. The van der Waals surface area contributed by atoms with Crippen LogP contribution in [0.3, 0.4) is 0 Å². The van der Waals surface area contributed by atoms with Gasteiger partial charge < -0.3 is 29.4 Å². The fourth-order valence-corrected chi connectivity index (χ4v) is 9.61. The Kier molecular flexibility index (Phi) is 8.36. The van der Waals surface area contributed by atoms with Gasteiger partial charge in [-0.25, -0.2) is 0 Å². The van der Waals surface area contributed by atoms with Gasteiger partial charge in [0.25, 0.3) is 0 Å². The quantitative estimate of drug-likeness (QED) is 0.141. The third-order valence-corrected chi connectivity index (χ3v) is 13.0. The Hall–Kier alpha value is -6.16. The van der Waals surface area contributed by atoms with E-state index < -0.39 is 0 Å². The summed E-state index contributed by atoms with van der Waals surface area (Å²) in [5, 5.41) is 0. The number of rotatable bonds is 3. The predicted molar refractivity (Wildman–Crippen MR) is 241 cm³/mol. The van der Waals surface area contributed by atoms with Crippen LogP contribution in [-0.4, -0.2) is 54.1 Å². The van der Waals surface area contributed by atoms with E-state index >= 15 is 0 Å². The monoisotopic (exact) mass is 798 g/mol. The van der Waals surface area contributed by atoms with Crippen molar-refractivity contribution in [2.24, 2.45) is 0 Å².